The third kappa shape index (κ3) is 3.13. The van der Waals surface area contributed by atoms with Crippen molar-refractivity contribution in [2.75, 3.05) is 0 Å². The summed E-state index contributed by atoms with van der Waals surface area (Å²) in [6, 6.07) is 9.08. The van der Waals surface area contributed by atoms with E-state index < -0.39 is 0 Å². The number of nitrogens with one attached hydrogen (secondary N) is 1. The fourth-order valence-electron chi connectivity index (χ4n) is 4.70. The van der Waals surface area contributed by atoms with Crippen molar-refractivity contribution in [3.05, 3.63) is 48.5 Å². The highest BCUT2D eigenvalue weighted by molar-refractivity contribution is 5.79. The Morgan fingerprint density at radius 2 is 1.96 bits per heavy atom. The minimum absolute atomic E-state index is 0.0866. The SMILES string of the molecule is O=C(NC1CCC(n2cccc3ccnc2-3)CC1)C1CCn2nccc2C1. The maximum atomic E-state index is 12.7. The van der Waals surface area contributed by atoms with E-state index in [1.54, 1.807) is 0 Å². The maximum absolute atomic E-state index is 12.7. The molecule has 1 aromatic rings. The number of hydrogen-bond acceptors (Lipinski definition) is 3. The fraction of sp³-hybridized carbons (Fsp3) is 0.476. The van der Waals surface area contributed by atoms with Crippen LogP contribution >= 0.6 is 0 Å². The Labute approximate surface area is 158 Å². The summed E-state index contributed by atoms with van der Waals surface area (Å²) in [5, 5.41) is 7.62. The van der Waals surface area contributed by atoms with Crippen LogP contribution in [0.15, 0.2) is 42.9 Å². The first-order chi connectivity index (χ1) is 13.3. The molecule has 0 aromatic carbocycles. The van der Waals surface area contributed by atoms with Gasteiger partial charge in [-0.1, -0.05) is 0 Å². The van der Waals surface area contributed by atoms with Crippen molar-refractivity contribution in [1.82, 2.24) is 24.6 Å². The summed E-state index contributed by atoms with van der Waals surface area (Å²) >= 11 is 0. The number of fused-ring (bicyclic) bond motifs is 2. The molecule has 27 heavy (non-hydrogen) atoms. The molecule has 1 amide bonds. The highest BCUT2D eigenvalue weighted by Crippen LogP contribution is 2.33. The van der Waals surface area contributed by atoms with Gasteiger partial charge in [-0.25, -0.2) is 4.98 Å². The predicted octanol–water partition coefficient (Wildman–Crippen LogP) is 3.05. The Bertz CT molecular complexity index is 905. The third-order valence-corrected chi connectivity index (χ3v) is 6.23. The van der Waals surface area contributed by atoms with Gasteiger partial charge in [-0.3, -0.25) is 9.48 Å². The van der Waals surface area contributed by atoms with E-state index in [0.717, 1.165) is 50.9 Å². The van der Waals surface area contributed by atoms with Crippen molar-refractivity contribution in [3.63, 3.8) is 0 Å². The summed E-state index contributed by atoms with van der Waals surface area (Å²) in [6.07, 6.45) is 11.8. The maximum Gasteiger partial charge on any atom is 0.223 e. The van der Waals surface area contributed by atoms with E-state index in [4.69, 9.17) is 0 Å². The van der Waals surface area contributed by atoms with Crippen LogP contribution in [-0.4, -0.2) is 31.3 Å². The molecule has 0 bridgehead atoms. The molecule has 0 saturated heterocycles. The Morgan fingerprint density at radius 1 is 1.07 bits per heavy atom. The van der Waals surface area contributed by atoms with Crippen LogP contribution in [0, 0.1) is 5.92 Å². The average molecular weight is 363 g/mol. The van der Waals surface area contributed by atoms with Crippen LogP contribution < -0.4 is 5.32 Å². The normalized spacial score (nSPS) is 25.3. The Balaban J connectivity index is 1.18. The number of carbonyl (C=O) groups excluding carboxylic acids is 1. The van der Waals surface area contributed by atoms with Gasteiger partial charge in [-0.2, -0.15) is 5.10 Å². The third-order valence-electron chi connectivity index (χ3n) is 6.23. The minimum Gasteiger partial charge on any atom is -0.353 e. The van der Waals surface area contributed by atoms with E-state index in [9.17, 15) is 4.79 Å². The standard InChI is InChI=1S/C21H25N5O/c27-21(16-9-13-26-19(14-16)8-11-23-26)24-17-3-5-18(6-4-17)25-12-1-2-15-7-10-22-20(15)25/h1-2,7-8,10-12,16-18H,3-6,9,13-14H2,(H,24,27). The second-order valence-corrected chi connectivity index (χ2v) is 7.89. The van der Waals surface area contributed by atoms with Gasteiger partial charge in [0.2, 0.25) is 5.91 Å². The van der Waals surface area contributed by atoms with Crippen LogP contribution in [-0.2, 0) is 17.8 Å². The number of nitrogens with zero attached hydrogens (tertiary/aromatic N) is 4. The van der Waals surface area contributed by atoms with Gasteiger partial charge in [0.25, 0.3) is 0 Å². The van der Waals surface area contributed by atoms with E-state index in [1.807, 2.05) is 23.1 Å². The van der Waals surface area contributed by atoms with Crippen molar-refractivity contribution in [3.8, 4) is 11.4 Å². The second kappa shape index (κ2) is 6.83. The molecule has 6 heteroatoms. The number of carbonyl (C=O) groups is 1. The van der Waals surface area contributed by atoms with Gasteiger partial charge >= 0.3 is 0 Å². The van der Waals surface area contributed by atoms with E-state index in [1.165, 1.54) is 11.3 Å². The smallest absolute Gasteiger partial charge is 0.223 e. The lowest BCUT2D eigenvalue weighted by atomic mass is 9.89. The molecule has 0 radical (unpaired) electrons. The lowest BCUT2D eigenvalue weighted by Gasteiger charge is -2.33. The molecule has 4 heterocycles. The molecule has 1 saturated carbocycles. The van der Waals surface area contributed by atoms with Crippen LogP contribution in [0.2, 0.25) is 0 Å². The van der Waals surface area contributed by atoms with Gasteiger partial charge in [0.05, 0.1) is 0 Å². The Morgan fingerprint density at radius 3 is 2.85 bits per heavy atom. The lowest BCUT2D eigenvalue weighted by molar-refractivity contribution is -0.126. The molecule has 3 aliphatic heterocycles. The molecule has 4 aliphatic rings. The van der Waals surface area contributed by atoms with E-state index in [-0.39, 0.29) is 11.8 Å². The minimum atomic E-state index is 0.0866. The van der Waals surface area contributed by atoms with Gasteiger partial charge in [0.1, 0.15) is 5.82 Å². The predicted molar refractivity (Wildman–Crippen MR) is 102 cm³/mol. The van der Waals surface area contributed by atoms with Crippen molar-refractivity contribution in [2.24, 2.45) is 5.92 Å². The zero-order valence-electron chi connectivity index (χ0n) is 15.4. The first-order valence-corrected chi connectivity index (χ1v) is 10.0. The molecule has 0 spiro atoms. The molecule has 140 valence electrons. The van der Waals surface area contributed by atoms with Crippen LogP contribution in [0.3, 0.4) is 0 Å². The van der Waals surface area contributed by atoms with Gasteiger partial charge in [-0.05, 0) is 56.4 Å². The number of amides is 1. The van der Waals surface area contributed by atoms with Crippen molar-refractivity contribution in [2.45, 2.75) is 57.2 Å². The molecule has 1 atom stereocenters. The summed E-state index contributed by atoms with van der Waals surface area (Å²) in [7, 11) is 0. The summed E-state index contributed by atoms with van der Waals surface area (Å²) in [6.45, 7) is 0.848. The van der Waals surface area contributed by atoms with Gasteiger partial charge in [0, 0.05) is 60.8 Å². The van der Waals surface area contributed by atoms with Crippen molar-refractivity contribution < 1.29 is 4.79 Å². The molecule has 1 fully saturated rings. The van der Waals surface area contributed by atoms with E-state index in [0.29, 0.717) is 12.1 Å². The number of pyridine rings is 1. The Kier molecular flexibility index (Phi) is 4.19. The molecule has 5 rings (SSSR count). The van der Waals surface area contributed by atoms with Crippen LogP contribution in [0.4, 0.5) is 0 Å². The van der Waals surface area contributed by atoms with Crippen LogP contribution in [0.5, 0.6) is 0 Å². The fourth-order valence-corrected chi connectivity index (χ4v) is 4.70. The summed E-state index contributed by atoms with van der Waals surface area (Å²) in [5.41, 5.74) is 2.38. The van der Waals surface area contributed by atoms with Crippen molar-refractivity contribution >= 4 is 5.91 Å². The van der Waals surface area contributed by atoms with E-state index in [2.05, 4.69) is 44.4 Å². The monoisotopic (exact) mass is 363 g/mol. The molecular formula is C21H25N5O. The molecule has 6 nitrogen and oxygen atoms in total. The van der Waals surface area contributed by atoms with E-state index >= 15 is 0 Å². The van der Waals surface area contributed by atoms with Crippen LogP contribution in [0.1, 0.15) is 43.8 Å². The molecule has 1 N–H and O–H groups in total. The lowest BCUT2D eigenvalue weighted by Crippen LogP contribution is -2.43. The van der Waals surface area contributed by atoms with Crippen LogP contribution in [0.25, 0.3) is 11.4 Å². The number of aromatic nitrogens is 4. The number of hydrogen-bond donors (Lipinski definition) is 1. The van der Waals surface area contributed by atoms with Crippen molar-refractivity contribution in [1.29, 1.82) is 0 Å². The van der Waals surface area contributed by atoms with Gasteiger partial charge in [-0.15, -0.1) is 0 Å². The average Bonchev–Trinajstić information content (AvgIpc) is 3.37. The zero-order chi connectivity index (χ0) is 18.2. The summed E-state index contributed by atoms with van der Waals surface area (Å²) in [4.78, 5) is 17.3. The largest absolute Gasteiger partial charge is 0.353 e. The quantitative estimate of drug-likeness (QED) is 0.778. The highest BCUT2D eigenvalue weighted by Gasteiger charge is 2.29. The topological polar surface area (TPSA) is 64.7 Å². The first kappa shape index (κ1) is 16.5. The number of rotatable bonds is 3. The number of aryl methyl sites for hydroxylation is 1. The molecule has 1 unspecified atom stereocenters. The zero-order valence-corrected chi connectivity index (χ0v) is 15.4. The van der Waals surface area contributed by atoms with Gasteiger partial charge < -0.3 is 9.88 Å². The van der Waals surface area contributed by atoms with Gasteiger partial charge in [0.15, 0.2) is 0 Å². The summed E-state index contributed by atoms with van der Waals surface area (Å²) < 4.78 is 4.33. The molecule has 1 aromatic heterocycles. The first-order valence-electron chi connectivity index (χ1n) is 10.0. The molecular weight excluding hydrogens is 338 g/mol. The molecule has 1 aliphatic carbocycles. The highest BCUT2D eigenvalue weighted by atomic mass is 16.1. The summed E-state index contributed by atoms with van der Waals surface area (Å²) in [5.74, 6) is 1.38. The second-order valence-electron chi connectivity index (χ2n) is 7.89. The Hall–Kier alpha value is -2.63.